The fourth-order valence-corrected chi connectivity index (χ4v) is 2.86. The predicted molar refractivity (Wildman–Crippen MR) is 71.2 cm³/mol. The lowest BCUT2D eigenvalue weighted by Gasteiger charge is -2.21. The van der Waals surface area contributed by atoms with Crippen molar-refractivity contribution in [2.75, 3.05) is 13.1 Å². The Morgan fingerprint density at radius 1 is 1.53 bits per heavy atom. The molecule has 2 aromatic rings. The highest BCUT2D eigenvalue weighted by atomic mass is 79.9. The molecule has 1 aliphatic rings. The monoisotopic (exact) mass is 294 g/mol. The number of nitrogens with zero attached hydrogens (tertiary/aromatic N) is 1. The standard InChI is InChI=1S/C13H15BrN2O/c1-2-13(5-6-15-8-13)12-16-10-7-9(14)3-4-11(10)17-12/h3-4,7,15H,2,5-6,8H2,1H3. The van der Waals surface area contributed by atoms with Crippen LogP contribution >= 0.6 is 15.9 Å². The van der Waals surface area contributed by atoms with E-state index in [9.17, 15) is 0 Å². The lowest BCUT2D eigenvalue weighted by Crippen LogP contribution is -2.28. The lowest BCUT2D eigenvalue weighted by atomic mass is 9.84. The first-order valence-corrected chi connectivity index (χ1v) is 6.80. The van der Waals surface area contributed by atoms with Crippen LogP contribution in [0.5, 0.6) is 0 Å². The molecule has 0 spiro atoms. The third-order valence-electron chi connectivity index (χ3n) is 3.72. The zero-order chi connectivity index (χ0) is 11.9. The maximum absolute atomic E-state index is 5.93. The van der Waals surface area contributed by atoms with Crippen LogP contribution < -0.4 is 5.32 Å². The maximum atomic E-state index is 5.93. The van der Waals surface area contributed by atoms with Gasteiger partial charge in [0.05, 0.1) is 5.41 Å². The summed E-state index contributed by atoms with van der Waals surface area (Å²) in [5, 5.41) is 3.41. The van der Waals surface area contributed by atoms with Crippen molar-refractivity contribution in [2.24, 2.45) is 0 Å². The Morgan fingerprint density at radius 3 is 3.12 bits per heavy atom. The second kappa shape index (κ2) is 4.10. The van der Waals surface area contributed by atoms with Crippen LogP contribution in [-0.4, -0.2) is 18.1 Å². The summed E-state index contributed by atoms with van der Waals surface area (Å²) in [5.74, 6) is 0.887. The second-order valence-corrected chi connectivity index (χ2v) is 5.61. The summed E-state index contributed by atoms with van der Waals surface area (Å²) in [4.78, 5) is 4.66. The van der Waals surface area contributed by atoms with Gasteiger partial charge < -0.3 is 9.73 Å². The third-order valence-corrected chi connectivity index (χ3v) is 4.22. The number of aromatic nitrogens is 1. The number of oxazole rings is 1. The molecule has 1 unspecified atom stereocenters. The van der Waals surface area contributed by atoms with Crippen LogP contribution in [0.15, 0.2) is 27.1 Å². The van der Waals surface area contributed by atoms with E-state index in [4.69, 9.17) is 4.42 Å². The van der Waals surface area contributed by atoms with Gasteiger partial charge in [0.2, 0.25) is 5.89 Å². The Hall–Kier alpha value is -0.870. The highest BCUT2D eigenvalue weighted by Crippen LogP contribution is 2.35. The highest BCUT2D eigenvalue weighted by Gasteiger charge is 2.38. The van der Waals surface area contributed by atoms with Crippen LogP contribution in [0.25, 0.3) is 11.1 Å². The van der Waals surface area contributed by atoms with Crippen molar-refractivity contribution in [3.8, 4) is 0 Å². The molecule has 90 valence electrons. The summed E-state index contributed by atoms with van der Waals surface area (Å²) >= 11 is 3.46. The van der Waals surface area contributed by atoms with Crippen LogP contribution in [-0.2, 0) is 5.41 Å². The van der Waals surface area contributed by atoms with E-state index >= 15 is 0 Å². The molecule has 3 nitrogen and oxygen atoms in total. The molecule has 1 saturated heterocycles. The molecule has 0 radical (unpaired) electrons. The van der Waals surface area contributed by atoms with Gasteiger partial charge in [-0.15, -0.1) is 0 Å². The molecule has 2 heterocycles. The molecule has 0 aliphatic carbocycles. The van der Waals surface area contributed by atoms with Gasteiger partial charge in [0.1, 0.15) is 5.52 Å². The molecule has 0 saturated carbocycles. The summed E-state index contributed by atoms with van der Waals surface area (Å²) in [6.45, 7) is 4.23. The number of hydrogen-bond donors (Lipinski definition) is 1. The Morgan fingerprint density at radius 2 is 2.41 bits per heavy atom. The topological polar surface area (TPSA) is 38.1 Å². The summed E-state index contributed by atoms with van der Waals surface area (Å²) < 4.78 is 6.97. The summed E-state index contributed by atoms with van der Waals surface area (Å²) in [6, 6.07) is 5.97. The van der Waals surface area contributed by atoms with Gasteiger partial charge in [-0.05, 0) is 37.6 Å². The number of fused-ring (bicyclic) bond motifs is 1. The van der Waals surface area contributed by atoms with Gasteiger partial charge in [0, 0.05) is 11.0 Å². The van der Waals surface area contributed by atoms with Crippen LogP contribution in [0.4, 0.5) is 0 Å². The van der Waals surface area contributed by atoms with Crippen LogP contribution in [0.3, 0.4) is 0 Å². The van der Waals surface area contributed by atoms with Gasteiger partial charge >= 0.3 is 0 Å². The minimum Gasteiger partial charge on any atom is -0.440 e. The average Bonchev–Trinajstić information content (AvgIpc) is 2.94. The van der Waals surface area contributed by atoms with Gasteiger partial charge in [-0.1, -0.05) is 22.9 Å². The number of nitrogens with one attached hydrogen (secondary N) is 1. The molecule has 1 aromatic heterocycles. The number of halogens is 1. The van der Waals surface area contributed by atoms with Crippen LogP contribution in [0.2, 0.25) is 0 Å². The molecule has 17 heavy (non-hydrogen) atoms. The molecule has 1 atom stereocenters. The molecule has 1 aliphatic heterocycles. The Balaban J connectivity index is 2.11. The molecule has 1 aromatic carbocycles. The van der Waals surface area contributed by atoms with Gasteiger partial charge in [0.15, 0.2) is 5.58 Å². The van der Waals surface area contributed by atoms with E-state index in [1.165, 1.54) is 0 Å². The zero-order valence-corrected chi connectivity index (χ0v) is 11.4. The molecule has 0 amide bonds. The van der Waals surface area contributed by atoms with Crippen molar-refractivity contribution in [1.29, 1.82) is 0 Å². The fourth-order valence-electron chi connectivity index (χ4n) is 2.51. The predicted octanol–water partition coefficient (Wildman–Crippen LogP) is 3.23. The summed E-state index contributed by atoms with van der Waals surface area (Å²) in [5.41, 5.74) is 1.91. The van der Waals surface area contributed by atoms with E-state index in [1.807, 2.05) is 18.2 Å². The Kier molecular flexibility index (Phi) is 2.71. The smallest absolute Gasteiger partial charge is 0.203 e. The van der Waals surface area contributed by atoms with Gasteiger partial charge in [-0.2, -0.15) is 0 Å². The molecular formula is C13H15BrN2O. The quantitative estimate of drug-likeness (QED) is 0.924. The van der Waals surface area contributed by atoms with Gasteiger partial charge in [-0.3, -0.25) is 0 Å². The van der Waals surface area contributed by atoms with Gasteiger partial charge in [-0.25, -0.2) is 4.98 Å². The van der Waals surface area contributed by atoms with Crippen LogP contribution in [0.1, 0.15) is 25.7 Å². The molecule has 0 bridgehead atoms. The fraction of sp³-hybridized carbons (Fsp3) is 0.462. The van der Waals surface area contributed by atoms with Crippen molar-refractivity contribution in [3.63, 3.8) is 0 Å². The van der Waals surface area contributed by atoms with E-state index in [-0.39, 0.29) is 5.41 Å². The number of rotatable bonds is 2. The van der Waals surface area contributed by atoms with E-state index in [1.54, 1.807) is 0 Å². The first-order chi connectivity index (χ1) is 8.23. The molecule has 1 fully saturated rings. The largest absolute Gasteiger partial charge is 0.440 e. The molecular weight excluding hydrogens is 280 g/mol. The number of hydrogen-bond acceptors (Lipinski definition) is 3. The number of benzene rings is 1. The normalized spacial score (nSPS) is 24.6. The maximum Gasteiger partial charge on any atom is 0.203 e. The highest BCUT2D eigenvalue weighted by molar-refractivity contribution is 9.10. The summed E-state index contributed by atoms with van der Waals surface area (Å²) in [7, 11) is 0. The third kappa shape index (κ3) is 1.79. The summed E-state index contributed by atoms with van der Waals surface area (Å²) in [6.07, 6.45) is 2.17. The molecule has 4 heteroatoms. The first kappa shape index (κ1) is 11.2. The van der Waals surface area contributed by atoms with Crippen molar-refractivity contribution in [2.45, 2.75) is 25.2 Å². The van der Waals surface area contributed by atoms with Crippen molar-refractivity contribution in [3.05, 3.63) is 28.6 Å². The lowest BCUT2D eigenvalue weighted by molar-refractivity contribution is 0.344. The van der Waals surface area contributed by atoms with E-state index in [0.717, 1.165) is 47.4 Å². The SMILES string of the molecule is CCC1(c2nc3cc(Br)ccc3o2)CCNC1. The zero-order valence-electron chi connectivity index (χ0n) is 9.79. The second-order valence-electron chi connectivity index (χ2n) is 4.69. The minimum absolute atomic E-state index is 0.0888. The minimum atomic E-state index is 0.0888. The Bertz CT molecular complexity index is 543. The van der Waals surface area contributed by atoms with Crippen molar-refractivity contribution in [1.82, 2.24) is 10.3 Å². The first-order valence-electron chi connectivity index (χ1n) is 6.01. The van der Waals surface area contributed by atoms with Gasteiger partial charge in [0.25, 0.3) is 0 Å². The molecule has 1 N–H and O–H groups in total. The van der Waals surface area contributed by atoms with Crippen LogP contribution in [0, 0.1) is 0 Å². The average molecular weight is 295 g/mol. The van der Waals surface area contributed by atoms with E-state index in [2.05, 4.69) is 33.2 Å². The van der Waals surface area contributed by atoms with Crippen molar-refractivity contribution < 1.29 is 4.42 Å². The van der Waals surface area contributed by atoms with E-state index < -0.39 is 0 Å². The molecule has 3 rings (SSSR count). The Labute approximate surface area is 109 Å². The van der Waals surface area contributed by atoms with E-state index in [0.29, 0.717) is 0 Å². The van der Waals surface area contributed by atoms with Crippen molar-refractivity contribution >= 4 is 27.0 Å².